The summed E-state index contributed by atoms with van der Waals surface area (Å²) in [5.74, 6) is 0. The van der Waals surface area contributed by atoms with Gasteiger partial charge in [-0.3, -0.25) is 9.97 Å². The van der Waals surface area contributed by atoms with Crippen molar-refractivity contribution in [2.75, 3.05) is 5.73 Å². The largest absolute Gasteiger partial charge is 0.397 e. The second-order valence-electron chi connectivity index (χ2n) is 3.84. The number of nitrogen functional groups attached to an aromatic ring is 1. The lowest BCUT2D eigenvalue weighted by Gasteiger charge is -2.08. The van der Waals surface area contributed by atoms with Crippen LogP contribution in [-0.2, 0) is 0 Å². The molecule has 1 aromatic carbocycles. The van der Waals surface area contributed by atoms with Crippen LogP contribution in [0.2, 0.25) is 0 Å². The molecule has 82 valence electrons. The summed E-state index contributed by atoms with van der Waals surface area (Å²) in [4.78, 5) is 8.35. The molecular weight excluding hydrogens is 210 g/mol. The number of nitrogens with zero attached hydrogens (tertiary/aromatic N) is 2. The number of rotatable bonds is 1. The predicted octanol–water partition coefficient (Wildman–Crippen LogP) is 2.88. The van der Waals surface area contributed by atoms with Gasteiger partial charge in [0.05, 0.1) is 17.4 Å². The molecule has 0 fully saturated rings. The standard InChI is InChI=1S/C14H11N3/c15-13-9-16-8-6-11(13)10-3-1-5-14-12(10)4-2-7-17-14/h1-9H,15H2. The van der Waals surface area contributed by atoms with Gasteiger partial charge in [-0.15, -0.1) is 0 Å². The maximum atomic E-state index is 5.96. The van der Waals surface area contributed by atoms with Gasteiger partial charge in [-0.2, -0.15) is 0 Å². The van der Waals surface area contributed by atoms with Crippen molar-refractivity contribution in [3.05, 3.63) is 55.0 Å². The molecule has 0 atom stereocenters. The molecule has 0 saturated heterocycles. The third kappa shape index (κ3) is 1.61. The van der Waals surface area contributed by atoms with Crippen LogP contribution in [0.25, 0.3) is 22.0 Å². The molecule has 17 heavy (non-hydrogen) atoms. The first-order valence-corrected chi connectivity index (χ1v) is 5.40. The van der Waals surface area contributed by atoms with E-state index in [1.165, 1.54) is 0 Å². The van der Waals surface area contributed by atoms with Gasteiger partial charge >= 0.3 is 0 Å². The Balaban J connectivity index is 2.35. The third-order valence-electron chi connectivity index (χ3n) is 2.79. The van der Waals surface area contributed by atoms with Crippen molar-refractivity contribution in [2.45, 2.75) is 0 Å². The Morgan fingerprint density at radius 3 is 2.71 bits per heavy atom. The number of benzene rings is 1. The highest BCUT2D eigenvalue weighted by atomic mass is 14.7. The van der Waals surface area contributed by atoms with Crippen molar-refractivity contribution >= 4 is 16.6 Å². The number of nitrogens with two attached hydrogens (primary N) is 1. The SMILES string of the molecule is Nc1cnccc1-c1cccc2ncccc12. The Kier molecular flexibility index (Phi) is 2.22. The highest BCUT2D eigenvalue weighted by molar-refractivity contribution is 5.97. The number of hydrogen-bond donors (Lipinski definition) is 1. The zero-order chi connectivity index (χ0) is 11.7. The van der Waals surface area contributed by atoms with E-state index in [0.29, 0.717) is 5.69 Å². The number of pyridine rings is 2. The molecule has 0 spiro atoms. The van der Waals surface area contributed by atoms with E-state index in [1.807, 2.05) is 24.3 Å². The number of fused-ring (bicyclic) bond motifs is 1. The lowest BCUT2D eigenvalue weighted by Crippen LogP contribution is -1.91. The Bertz CT molecular complexity index is 672. The maximum absolute atomic E-state index is 5.96. The molecule has 3 rings (SSSR count). The fourth-order valence-electron chi connectivity index (χ4n) is 1.99. The van der Waals surface area contributed by atoms with Crippen LogP contribution in [0.15, 0.2) is 55.0 Å². The van der Waals surface area contributed by atoms with Crippen LogP contribution < -0.4 is 5.73 Å². The van der Waals surface area contributed by atoms with Crippen LogP contribution in [0.1, 0.15) is 0 Å². The van der Waals surface area contributed by atoms with Gasteiger partial charge in [-0.05, 0) is 23.8 Å². The molecule has 0 radical (unpaired) electrons. The van der Waals surface area contributed by atoms with Crippen molar-refractivity contribution in [3.8, 4) is 11.1 Å². The zero-order valence-electron chi connectivity index (χ0n) is 9.17. The summed E-state index contributed by atoms with van der Waals surface area (Å²) in [7, 11) is 0. The van der Waals surface area contributed by atoms with Gasteiger partial charge in [0.1, 0.15) is 0 Å². The summed E-state index contributed by atoms with van der Waals surface area (Å²) in [5, 5.41) is 1.10. The summed E-state index contributed by atoms with van der Waals surface area (Å²) in [6, 6.07) is 12.0. The fourth-order valence-corrected chi connectivity index (χ4v) is 1.99. The van der Waals surface area contributed by atoms with E-state index in [1.54, 1.807) is 18.6 Å². The molecule has 3 aromatic rings. The highest BCUT2D eigenvalue weighted by Gasteiger charge is 2.06. The van der Waals surface area contributed by atoms with Crippen LogP contribution in [0.5, 0.6) is 0 Å². The molecule has 3 nitrogen and oxygen atoms in total. The second-order valence-corrected chi connectivity index (χ2v) is 3.84. The molecule has 0 saturated carbocycles. The van der Waals surface area contributed by atoms with E-state index in [0.717, 1.165) is 22.0 Å². The van der Waals surface area contributed by atoms with Crippen LogP contribution >= 0.6 is 0 Å². The third-order valence-corrected chi connectivity index (χ3v) is 2.79. The van der Waals surface area contributed by atoms with E-state index in [2.05, 4.69) is 22.1 Å². The molecule has 0 aliphatic heterocycles. The summed E-state index contributed by atoms with van der Waals surface area (Å²) in [6.45, 7) is 0. The second kappa shape index (κ2) is 3.87. The summed E-state index contributed by atoms with van der Waals surface area (Å²) >= 11 is 0. The van der Waals surface area contributed by atoms with Crippen LogP contribution in [0.4, 0.5) is 5.69 Å². The van der Waals surface area contributed by atoms with Gasteiger partial charge in [0.2, 0.25) is 0 Å². The molecule has 2 heterocycles. The lowest BCUT2D eigenvalue weighted by molar-refractivity contribution is 1.33. The van der Waals surface area contributed by atoms with E-state index < -0.39 is 0 Å². The van der Waals surface area contributed by atoms with Gasteiger partial charge in [0.25, 0.3) is 0 Å². The quantitative estimate of drug-likeness (QED) is 0.687. The Hall–Kier alpha value is -2.42. The molecule has 0 amide bonds. The molecule has 2 N–H and O–H groups in total. The molecule has 2 aromatic heterocycles. The predicted molar refractivity (Wildman–Crippen MR) is 69.4 cm³/mol. The summed E-state index contributed by atoms with van der Waals surface area (Å²) < 4.78 is 0. The zero-order valence-corrected chi connectivity index (χ0v) is 9.17. The first kappa shape index (κ1) is 9.78. The van der Waals surface area contributed by atoms with Crippen molar-refractivity contribution < 1.29 is 0 Å². The molecule has 0 unspecified atom stereocenters. The normalized spacial score (nSPS) is 10.6. The highest BCUT2D eigenvalue weighted by Crippen LogP contribution is 2.30. The van der Waals surface area contributed by atoms with E-state index >= 15 is 0 Å². The van der Waals surface area contributed by atoms with Gasteiger partial charge in [-0.1, -0.05) is 18.2 Å². The van der Waals surface area contributed by atoms with Crippen LogP contribution in [0.3, 0.4) is 0 Å². The topological polar surface area (TPSA) is 51.8 Å². The smallest absolute Gasteiger partial charge is 0.0708 e. The maximum Gasteiger partial charge on any atom is 0.0708 e. The van der Waals surface area contributed by atoms with Crippen molar-refractivity contribution in [3.63, 3.8) is 0 Å². The van der Waals surface area contributed by atoms with Gasteiger partial charge in [0.15, 0.2) is 0 Å². The molecule has 0 bridgehead atoms. The minimum atomic E-state index is 0.684. The first-order valence-electron chi connectivity index (χ1n) is 5.40. The average molecular weight is 221 g/mol. The van der Waals surface area contributed by atoms with Crippen LogP contribution in [-0.4, -0.2) is 9.97 Å². The molecule has 0 aliphatic rings. The summed E-state index contributed by atoms with van der Waals surface area (Å²) in [5.41, 5.74) is 9.71. The minimum Gasteiger partial charge on any atom is -0.397 e. The Morgan fingerprint density at radius 1 is 0.882 bits per heavy atom. The summed E-state index contributed by atoms with van der Waals surface area (Å²) in [6.07, 6.45) is 5.22. The van der Waals surface area contributed by atoms with Gasteiger partial charge < -0.3 is 5.73 Å². The Labute approximate surface area is 98.9 Å². The lowest BCUT2D eigenvalue weighted by atomic mass is 10.0. The van der Waals surface area contributed by atoms with Crippen molar-refractivity contribution in [1.29, 1.82) is 0 Å². The molecule has 0 aliphatic carbocycles. The number of anilines is 1. The minimum absolute atomic E-state index is 0.684. The molecule has 3 heteroatoms. The van der Waals surface area contributed by atoms with E-state index in [4.69, 9.17) is 5.73 Å². The first-order chi connectivity index (χ1) is 8.36. The average Bonchev–Trinajstić information content (AvgIpc) is 2.39. The van der Waals surface area contributed by atoms with E-state index in [9.17, 15) is 0 Å². The number of hydrogen-bond acceptors (Lipinski definition) is 3. The van der Waals surface area contributed by atoms with Crippen LogP contribution in [0, 0.1) is 0 Å². The van der Waals surface area contributed by atoms with E-state index in [-0.39, 0.29) is 0 Å². The Morgan fingerprint density at radius 2 is 1.82 bits per heavy atom. The van der Waals surface area contributed by atoms with Gasteiger partial charge in [0, 0.05) is 23.3 Å². The van der Waals surface area contributed by atoms with Crippen molar-refractivity contribution in [2.24, 2.45) is 0 Å². The van der Waals surface area contributed by atoms with Gasteiger partial charge in [-0.25, -0.2) is 0 Å². The van der Waals surface area contributed by atoms with Crippen molar-refractivity contribution in [1.82, 2.24) is 9.97 Å². The number of aromatic nitrogens is 2. The molecular formula is C14H11N3. The monoisotopic (exact) mass is 221 g/mol. The fraction of sp³-hybridized carbons (Fsp3) is 0.